The van der Waals surface area contributed by atoms with Gasteiger partial charge in [0.2, 0.25) is 0 Å². The van der Waals surface area contributed by atoms with Crippen LogP contribution in [0.25, 0.3) is 0 Å². The lowest BCUT2D eigenvalue weighted by Gasteiger charge is -2.04. The Morgan fingerprint density at radius 1 is 1.43 bits per heavy atom. The Labute approximate surface area is 85.0 Å². The van der Waals surface area contributed by atoms with E-state index in [1.807, 2.05) is 19.1 Å². The minimum Gasteiger partial charge on any atom is -0.455 e. The number of hydrogen-bond donors (Lipinski definition) is 0. The van der Waals surface area contributed by atoms with E-state index < -0.39 is 0 Å². The van der Waals surface area contributed by atoms with E-state index >= 15 is 0 Å². The van der Waals surface area contributed by atoms with Gasteiger partial charge in [-0.05, 0) is 32.3 Å². The van der Waals surface area contributed by atoms with Gasteiger partial charge in [0.25, 0.3) is 0 Å². The molecule has 0 spiro atoms. The van der Waals surface area contributed by atoms with Crippen LogP contribution in [0.4, 0.5) is 0 Å². The van der Waals surface area contributed by atoms with Crippen LogP contribution >= 0.6 is 0 Å². The molecule has 76 valence electrons. The number of ether oxygens (including phenoxy) is 1. The lowest BCUT2D eigenvalue weighted by atomic mass is 10.2. The summed E-state index contributed by atoms with van der Waals surface area (Å²) in [5, 5.41) is 0. The number of carbonyl (C=O) groups excluding carboxylic acids is 1. The van der Waals surface area contributed by atoms with Gasteiger partial charge in [-0.2, -0.15) is 0 Å². The highest BCUT2D eigenvalue weighted by molar-refractivity contribution is 5.84. The number of cyclic esters (lactones) is 1. The van der Waals surface area contributed by atoms with Crippen LogP contribution < -0.4 is 0 Å². The standard InChI is InChI=1S/C12H16O2/c1-2-3-4-5-6-7-8-11-9-10-12(13)14-11/h2-3,5-6,9-11H,4,7-8H2,1H3/b3-2+,6-5+/t11-/m1/s1. The molecule has 0 aliphatic carbocycles. The fourth-order valence-corrected chi connectivity index (χ4v) is 1.26. The second kappa shape index (κ2) is 6.19. The van der Waals surface area contributed by atoms with Gasteiger partial charge in [0.05, 0.1) is 0 Å². The zero-order valence-corrected chi connectivity index (χ0v) is 8.48. The number of allylic oxidation sites excluding steroid dienone is 4. The van der Waals surface area contributed by atoms with Crippen LogP contribution in [0.2, 0.25) is 0 Å². The fourth-order valence-electron chi connectivity index (χ4n) is 1.26. The van der Waals surface area contributed by atoms with Crippen LogP contribution in [-0.4, -0.2) is 12.1 Å². The molecule has 1 heterocycles. The van der Waals surface area contributed by atoms with Crippen LogP contribution in [-0.2, 0) is 9.53 Å². The highest BCUT2D eigenvalue weighted by Crippen LogP contribution is 2.11. The predicted octanol–water partition coefficient (Wildman–Crippen LogP) is 2.77. The molecule has 1 rings (SSSR count). The topological polar surface area (TPSA) is 26.3 Å². The van der Waals surface area contributed by atoms with E-state index in [2.05, 4.69) is 18.2 Å². The highest BCUT2D eigenvalue weighted by atomic mass is 16.5. The van der Waals surface area contributed by atoms with Crippen molar-refractivity contribution < 1.29 is 9.53 Å². The molecule has 0 saturated carbocycles. The molecule has 1 atom stereocenters. The van der Waals surface area contributed by atoms with Crippen LogP contribution in [0.1, 0.15) is 26.2 Å². The van der Waals surface area contributed by atoms with Crippen LogP contribution in [0.15, 0.2) is 36.5 Å². The van der Waals surface area contributed by atoms with Gasteiger partial charge in [-0.15, -0.1) is 0 Å². The molecule has 2 heteroatoms. The molecule has 0 aromatic heterocycles. The van der Waals surface area contributed by atoms with Crippen LogP contribution in [0.5, 0.6) is 0 Å². The summed E-state index contributed by atoms with van der Waals surface area (Å²) in [6.07, 6.45) is 14.5. The first kappa shape index (κ1) is 10.8. The van der Waals surface area contributed by atoms with Crippen molar-refractivity contribution >= 4 is 5.97 Å². The summed E-state index contributed by atoms with van der Waals surface area (Å²) in [5.41, 5.74) is 0. The fraction of sp³-hybridized carbons (Fsp3) is 0.417. The van der Waals surface area contributed by atoms with Crippen molar-refractivity contribution in [2.45, 2.75) is 32.3 Å². The average molecular weight is 192 g/mol. The molecule has 2 nitrogen and oxygen atoms in total. The van der Waals surface area contributed by atoms with Gasteiger partial charge in [-0.25, -0.2) is 4.79 Å². The van der Waals surface area contributed by atoms with Gasteiger partial charge in [0.15, 0.2) is 0 Å². The molecule has 0 N–H and O–H groups in total. The van der Waals surface area contributed by atoms with E-state index in [0.29, 0.717) is 0 Å². The van der Waals surface area contributed by atoms with Gasteiger partial charge in [0.1, 0.15) is 6.10 Å². The second-order valence-electron chi connectivity index (χ2n) is 3.19. The molecular formula is C12H16O2. The zero-order valence-electron chi connectivity index (χ0n) is 8.48. The second-order valence-corrected chi connectivity index (χ2v) is 3.19. The minimum absolute atomic E-state index is 0.00568. The quantitative estimate of drug-likeness (QED) is 0.494. The maximum Gasteiger partial charge on any atom is 0.331 e. The molecule has 0 radical (unpaired) electrons. The van der Waals surface area contributed by atoms with Gasteiger partial charge >= 0.3 is 5.97 Å². The summed E-state index contributed by atoms with van der Waals surface area (Å²) in [4.78, 5) is 10.7. The van der Waals surface area contributed by atoms with E-state index in [-0.39, 0.29) is 12.1 Å². The third-order valence-electron chi connectivity index (χ3n) is 2.01. The minimum atomic E-state index is -0.215. The molecular weight excluding hydrogens is 176 g/mol. The molecule has 0 bridgehead atoms. The molecule has 1 aliphatic rings. The van der Waals surface area contributed by atoms with Crippen molar-refractivity contribution in [1.82, 2.24) is 0 Å². The van der Waals surface area contributed by atoms with Gasteiger partial charge in [-0.3, -0.25) is 0 Å². The van der Waals surface area contributed by atoms with Gasteiger partial charge in [0, 0.05) is 6.08 Å². The molecule has 0 aromatic rings. The molecule has 0 fully saturated rings. The van der Waals surface area contributed by atoms with E-state index in [4.69, 9.17) is 4.74 Å². The first-order valence-corrected chi connectivity index (χ1v) is 4.98. The smallest absolute Gasteiger partial charge is 0.331 e. The third-order valence-corrected chi connectivity index (χ3v) is 2.01. The van der Waals surface area contributed by atoms with E-state index in [9.17, 15) is 4.79 Å². The van der Waals surface area contributed by atoms with Crippen LogP contribution in [0, 0.1) is 0 Å². The first-order chi connectivity index (χ1) is 6.83. The molecule has 0 saturated heterocycles. The summed E-state index contributed by atoms with van der Waals surface area (Å²) >= 11 is 0. The number of hydrogen-bond acceptors (Lipinski definition) is 2. The van der Waals surface area contributed by atoms with Crippen molar-refractivity contribution in [2.75, 3.05) is 0 Å². The van der Waals surface area contributed by atoms with Crippen molar-refractivity contribution in [3.63, 3.8) is 0 Å². The SMILES string of the molecule is C/C=C/C/C=C/CC[C@@H]1C=CC(=O)O1. The van der Waals surface area contributed by atoms with Crippen molar-refractivity contribution in [2.24, 2.45) is 0 Å². The monoisotopic (exact) mass is 192 g/mol. The Hall–Kier alpha value is -1.31. The van der Waals surface area contributed by atoms with E-state index in [1.54, 1.807) is 0 Å². The molecule has 14 heavy (non-hydrogen) atoms. The summed E-state index contributed by atoms with van der Waals surface area (Å²) in [6, 6.07) is 0. The number of esters is 1. The van der Waals surface area contributed by atoms with Crippen molar-refractivity contribution in [3.05, 3.63) is 36.5 Å². The van der Waals surface area contributed by atoms with Crippen LogP contribution in [0.3, 0.4) is 0 Å². The predicted molar refractivity (Wildman–Crippen MR) is 56.8 cm³/mol. The largest absolute Gasteiger partial charge is 0.455 e. The van der Waals surface area contributed by atoms with E-state index in [0.717, 1.165) is 19.3 Å². The average Bonchev–Trinajstić information content (AvgIpc) is 2.58. The zero-order chi connectivity index (χ0) is 10.2. The lowest BCUT2D eigenvalue weighted by molar-refractivity contribution is -0.138. The highest BCUT2D eigenvalue weighted by Gasteiger charge is 2.14. The maximum absolute atomic E-state index is 10.7. The number of carbonyl (C=O) groups is 1. The molecule has 1 aliphatic heterocycles. The molecule has 0 unspecified atom stereocenters. The Bertz CT molecular complexity index is 261. The summed E-state index contributed by atoms with van der Waals surface area (Å²) < 4.78 is 4.99. The first-order valence-electron chi connectivity index (χ1n) is 4.98. The number of rotatable bonds is 5. The normalized spacial score (nSPS) is 21.2. The Morgan fingerprint density at radius 2 is 2.29 bits per heavy atom. The van der Waals surface area contributed by atoms with Crippen molar-refractivity contribution in [3.8, 4) is 0 Å². The maximum atomic E-state index is 10.7. The van der Waals surface area contributed by atoms with Gasteiger partial charge < -0.3 is 4.74 Å². The summed E-state index contributed by atoms with van der Waals surface area (Å²) in [5.74, 6) is -0.215. The van der Waals surface area contributed by atoms with E-state index in [1.165, 1.54) is 6.08 Å². The Kier molecular flexibility index (Phi) is 4.76. The molecule has 0 aromatic carbocycles. The Balaban J connectivity index is 2.07. The van der Waals surface area contributed by atoms with Crippen molar-refractivity contribution in [1.29, 1.82) is 0 Å². The Morgan fingerprint density at radius 3 is 2.93 bits per heavy atom. The van der Waals surface area contributed by atoms with Gasteiger partial charge in [-0.1, -0.05) is 24.3 Å². The third kappa shape index (κ3) is 4.08. The summed E-state index contributed by atoms with van der Waals surface area (Å²) in [6.45, 7) is 2.01. The molecule has 0 amide bonds. The lowest BCUT2D eigenvalue weighted by Crippen LogP contribution is -2.06. The summed E-state index contributed by atoms with van der Waals surface area (Å²) in [7, 11) is 0.